The van der Waals surface area contributed by atoms with Crippen LogP contribution in [0.15, 0.2) is 28.1 Å². The lowest BCUT2D eigenvalue weighted by atomic mass is 10.0. The Labute approximate surface area is 114 Å². The molecule has 18 heavy (non-hydrogen) atoms. The van der Waals surface area contributed by atoms with E-state index in [1.165, 1.54) is 11.3 Å². The zero-order valence-corrected chi connectivity index (χ0v) is 11.4. The molecule has 0 fully saturated rings. The monoisotopic (exact) mass is 336 g/mol. The van der Waals surface area contributed by atoms with Crippen LogP contribution in [0, 0.1) is 17.5 Å². The van der Waals surface area contributed by atoms with Crippen LogP contribution in [-0.2, 0) is 6.42 Å². The van der Waals surface area contributed by atoms with Crippen molar-refractivity contribution in [1.29, 1.82) is 0 Å². The summed E-state index contributed by atoms with van der Waals surface area (Å²) in [5, 5.41) is 9.84. The molecule has 1 N–H and O–H groups in total. The molecule has 1 heterocycles. The highest BCUT2D eigenvalue weighted by Crippen LogP contribution is 2.28. The Morgan fingerprint density at radius 1 is 1.11 bits per heavy atom. The van der Waals surface area contributed by atoms with Crippen LogP contribution in [0.3, 0.4) is 0 Å². The van der Waals surface area contributed by atoms with Gasteiger partial charge in [-0.15, -0.1) is 11.3 Å². The first-order valence-electron chi connectivity index (χ1n) is 5.04. The van der Waals surface area contributed by atoms with Crippen molar-refractivity contribution in [1.82, 2.24) is 0 Å². The molecular formula is C12H8BrF3OS. The minimum atomic E-state index is -1.56. The van der Waals surface area contributed by atoms with Gasteiger partial charge in [-0.05, 0) is 34.1 Å². The number of hydrogen-bond acceptors (Lipinski definition) is 2. The van der Waals surface area contributed by atoms with E-state index < -0.39 is 23.6 Å². The van der Waals surface area contributed by atoms with E-state index in [2.05, 4.69) is 15.9 Å². The first-order valence-corrected chi connectivity index (χ1v) is 6.65. The third kappa shape index (κ3) is 2.76. The van der Waals surface area contributed by atoms with Crippen molar-refractivity contribution in [2.45, 2.75) is 12.5 Å². The van der Waals surface area contributed by atoms with Gasteiger partial charge in [0.25, 0.3) is 0 Å². The molecule has 0 amide bonds. The molecule has 0 aliphatic carbocycles. The molecule has 0 saturated carbocycles. The van der Waals surface area contributed by atoms with Gasteiger partial charge < -0.3 is 5.11 Å². The fraction of sp³-hybridized carbons (Fsp3) is 0.167. The summed E-state index contributed by atoms with van der Waals surface area (Å²) in [6, 6.07) is 5.44. The van der Waals surface area contributed by atoms with Crippen LogP contribution in [0.2, 0.25) is 0 Å². The Morgan fingerprint density at radius 2 is 1.83 bits per heavy atom. The van der Waals surface area contributed by atoms with E-state index in [-0.39, 0.29) is 12.0 Å². The van der Waals surface area contributed by atoms with Gasteiger partial charge in [0.15, 0.2) is 17.5 Å². The van der Waals surface area contributed by atoms with Gasteiger partial charge in [0.05, 0.1) is 9.89 Å². The Morgan fingerprint density at radius 3 is 2.44 bits per heavy atom. The molecule has 0 aliphatic heterocycles. The molecule has 1 nitrogen and oxygen atoms in total. The van der Waals surface area contributed by atoms with Crippen molar-refractivity contribution >= 4 is 27.3 Å². The van der Waals surface area contributed by atoms with Crippen LogP contribution in [0.5, 0.6) is 0 Å². The molecule has 6 heteroatoms. The molecule has 96 valence electrons. The second-order valence-corrected chi connectivity index (χ2v) is 6.24. The Bertz CT molecular complexity index is 570. The van der Waals surface area contributed by atoms with E-state index in [4.69, 9.17) is 0 Å². The number of aliphatic hydroxyl groups is 1. The zero-order chi connectivity index (χ0) is 13.3. The molecule has 1 aromatic carbocycles. The summed E-state index contributed by atoms with van der Waals surface area (Å²) < 4.78 is 40.1. The van der Waals surface area contributed by atoms with Crippen molar-refractivity contribution in [2.24, 2.45) is 0 Å². The predicted octanol–water partition coefficient (Wildman–Crippen LogP) is 4.20. The Kier molecular flexibility index (Phi) is 4.09. The van der Waals surface area contributed by atoms with Gasteiger partial charge in [0.2, 0.25) is 0 Å². The summed E-state index contributed by atoms with van der Waals surface area (Å²) in [6.07, 6.45) is -1.05. The molecule has 0 bridgehead atoms. The summed E-state index contributed by atoms with van der Waals surface area (Å²) >= 11 is 4.66. The molecule has 1 atom stereocenters. The molecule has 0 radical (unpaired) electrons. The summed E-state index contributed by atoms with van der Waals surface area (Å²) in [4.78, 5) is 0.818. The second kappa shape index (κ2) is 5.42. The van der Waals surface area contributed by atoms with E-state index in [0.717, 1.165) is 20.8 Å². The normalized spacial score (nSPS) is 12.7. The maximum Gasteiger partial charge on any atom is 0.194 e. The number of halogens is 4. The minimum absolute atomic E-state index is 0.151. The predicted molar refractivity (Wildman–Crippen MR) is 67.0 cm³/mol. The van der Waals surface area contributed by atoms with E-state index in [0.29, 0.717) is 0 Å². The number of hydrogen-bond donors (Lipinski definition) is 1. The molecule has 2 aromatic rings. The maximum atomic E-state index is 13.4. The van der Waals surface area contributed by atoms with Gasteiger partial charge in [-0.25, -0.2) is 13.2 Å². The van der Waals surface area contributed by atoms with Crippen molar-refractivity contribution in [3.8, 4) is 0 Å². The van der Waals surface area contributed by atoms with Gasteiger partial charge in [-0.3, -0.25) is 0 Å². The van der Waals surface area contributed by atoms with Crippen LogP contribution >= 0.6 is 27.3 Å². The van der Waals surface area contributed by atoms with Crippen LogP contribution in [0.1, 0.15) is 16.5 Å². The van der Waals surface area contributed by atoms with Crippen LogP contribution in [-0.4, -0.2) is 5.11 Å². The molecule has 2 rings (SSSR count). The van der Waals surface area contributed by atoms with Gasteiger partial charge in [-0.2, -0.15) is 0 Å². The molecule has 0 aliphatic rings. The third-order valence-electron chi connectivity index (χ3n) is 2.45. The largest absolute Gasteiger partial charge is 0.388 e. The lowest BCUT2D eigenvalue weighted by Crippen LogP contribution is -2.06. The summed E-state index contributed by atoms with van der Waals surface area (Å²) in [5.41, 5.74) is -0.238. The number of thiophene rings is 1. The average Bonchev–Trinajstić information content (AvgIpc) is 2.71. The van der Waals surface area contributed by atoms with E-state index >= 15 is 0 Å². The average molecular weight is 337 g/mol. The topological polar surface area (TPSA) is 20.2 Å². The van der Waals surface area contributed by atoms with Gasteiger partial charge in [-0.1, -0.05) is 6.07 Å². The fourth-order valence-electron chi connectivity index (χ4n) is 1.56. The smallest absolute Gasteiger partial charge is 0.194 e. The van der Waals surface area contributed by atoms with Gasteiger partial charge >= 0.3 is 0 Å². The summed E-state index contributed by atoms with van der Waals surface area (Å²) in [5.74, 6) is -4.15. The Balaban J connectivity index is 2.24. The third-order valence-corrected chi connectivity index (χ3v) is 4.09. The van der Waals surface area contributed by atoms with E-state index in [9.17, 15) is 18.3 Å². The van der Waals surface area contributed by atoms with Crippen molar-refractivity contribution in [3.63, 3.8) is 0 Å². The second-order valence-electron chi connectivity index (χ2n) is 3.69. The van der Waals surface area contributed by atoms with Gasteiger partial charge in [0, 0.05) is 16.9 Å². The number of rotatable bonds is 3. The molecule has 0 spiro atoms. The highest BCUT2D eigenvalue weighted by molar-refractivity contribution is 9.11. The van der Waals surface area contributed by atoms with Crippen LogP contribution in [0.25, 0.3) is 0 Å². The highest BCUT2D eigenvalue weighted by atomic mass is 79.9. The minimum Gasteiger partial charge on any atom is -0.388 e. The standard InChI is InChI=1S/C12H8BrF3OS/c13-10-4-1-6(18-10)5-9(17)7-2-3-8(14)12(16)11(7)15/h1-4,9,17H,5H2. The van der Waals surface area contributed by atoms with E-state index in [1.807, 2.05) is 0 Å². The lowest BCUT2D eigenvalue weighted by molar-refractivity contribution is 0.173. The van der Waals surface area contributed by atoms with Crippen LogP contribution in [0.4, 0.5) is 13.2 Å². The van der Waals surface area contributed by atoms with Gasteiger partial charge in [0.1, 0.15) is 0 Å². The summed E-state index contributed by atoms with van der Waals surface area (Å²) in [6.45, 7) is 0. The molecular weight excluding hydrogens is 329 g/mol. The first-order chi connectivity index (χ1) is 8.49. The van der Waals surface area contributed by atoms with Crippen molar-refractivity contribution < 1.29 is 18.3 Å². The maximum absolute atomic E-state index is 13.4. The quantitative estimate of drug-likeness (QED) is 0.832. The number of aliphatic hydroxyl groups excluding tert-OH is 1. The zero-order valence-electron chi connectivity index (χ0n) is 8.96. The highest BCUT2D eigenvalue weighted by Gasteiger charge is 2.19. The molecule has 1 aromatic heterocycles. The van der Waals surface area contributed by atoms with Crippen molar-refractivity contribution in [3.05, 3.63) is 55.9 Å². The fourth-order valence-corrected chi connectivity index (χ4v) is 3.08. The summed E-state index contributed by atoms with van der Waals surface area (Å²) in [7, 11) is 0. The lowest BCUT2D eigenvalue weighted by Gasteiger charge is -2.11. The Hall–Kier alpha value is -0.850. The molecule has 1 unspecified atom stereocenters. The van der Waals surface area contributed by atoms with Crippen molar-refractivity contribution in [2.75, 3.05) is 0 Å². The molecule has 0 saturated heterocycles. The van der Waals surface area contributed by atoms with E-state index in [1.54, 1.807) is 12.1 Å². The SMILES string of the molecule is OC(Cc1ccc(Br)s1)c1ccc(F)c(F)c1F. The number of benzene rings is 1. The van der Waals surface area contributed by atoms with Crippen LogP contribution < -0.4 is 0 Å². The first kappa shape index (κ1) is 13.6.